The lowest BCUT2D eigenvalue weighted by molar-refractivity contribution is 0.0990. The molecule has 3 amide bonds. The Kier molecular flexibility index (Phi) is 11.6. The first-order chi connectivity index (χ1) is 20.8. The molecule has 3 rings (SSSR count). The minimum Gasteiger partial charge on any atom is -0.508 e. The molecule has 0 aromatic heterocycles. The zero-order valence-corrected chi connectivity index (χ0v) is 27.0. The summed E-state index contributed by atoms with van der Waals surface area (Å²) in [7, 11) is 6.18. The number of anilines is 3. The molecule has 1 aliphatic rings. The van der Waals surface area contributed by atoms with E-state index in [1.54, 1.807) is 32.3 Å². The summed E-state index contributed by atoms with van der Waals surface area (Å²) in [5, 5.41) is 13.8. The highest BCUT2D eigenvalue weighted by atomic mass is 16.6. The number of hydrogen-bond donors (Lipinski definition) is 2. The molecule has 0 atom stereocenters. The van der Waals surface area contributed by atoms with Crippen LogP contribution in [0.2, 0.25) is 0 Å². The van der Waals surface area contributed by atoms with Gasteiger partial charge in [-0.25, -0.2) is 9.59 Å². The van der Waals surface area contributed by atoms with Gasteiger partial charge < -0.3 is 34.6 Å². The second-order valence-corrected chi connectivity index (χ2v) is 11.5. The Morgan fingerprint density at radius 1 is 0.841 bits per heavy atom. The molecular formula is C34H44N4O6. The quantitative estimate of drug-likeness (QED) is 0.212. The number of hydrogen-bond acceptors (Lipinski definition) is 7. The minimum atomic E-state index is -0.672. The predicted molar refractivity (Wildman–Crippen MR) is 174 cm³/mol. The van der Waals surface area contributed by atoms with Gasteiger partial charge in [0.05, 0.1) is 16.9 Å². The summed E-state index contributed by atoms with van der Waals surface area (Å²) in [5.74, 6) is -0.445. The van der Waals surface area contributed by atoms with Crippen molar-refractivity contribution in [1.82, 2.24) is 9.80 Å². The van der Waals surface area contributed by atoms with Crippen molar-refractivity contribution in [3.63, 3.8) is 0 Å². The monoisotopic (exact) mass is 604 g/mol. The molecule has 1 heterocycles. The van der Waals surface area contributed by atoms with Gasteiger partial charge in [0, 0.05) is 46.9 Å². The summed E-state index contributed by atoms with van der Waals surface area (Å²) in [6.07, 6.45) is 8.92. The van der Waals surface area contributed by atoms with Crippen LogP contribution in [0.15, 0.2) is 65.3 Å². The van der Waals surface area contributed by atoms with Crippen molar-refractivity contribution in [1.29, 1.82) is 0 Å². The highest BCUT2D eigenvalue weighted by Crippen LogP contribution is 2.46. The van der Waals surface area contributed by atoms with Crippen LogP contribution in [0.1, 0.15) is 63.7 Å². The molecule has 0 saturated carbocycles. The molecule has 0 radical (unpaired) electrons. The van der Waals surface area contributed by atoms with Gasteiger partial charge in [-0.2, -0.15) is 0 Å². The van der Waals surface area contributed by atoms with E-state index in [0.29, 0.717) is 5.69 Å². The number of nitrogens with zero attached hydrogens (tertiary/aromatic N) is 3. The zero-order valence-electron chi connectivity index (χ0n) is 27.0. The van der Waals surface area contributed by atoms with Gasteiger partial charge in [0.25, 0.3) is 5.91 Å². The lowest BCUT2D eigenvalue weighted by Gasteiger charge is -2.23. The highest BCUT2D eigenvalue weighted by Gasteiger charge is 2.32. The fourth-order valence-corrected chi connectivity index (χ4v) is 4.45. The SMILES string of the molecule is CC(C)=CCC/C(C)=C/CC/C(C)=C/CN1C(=O)c2cccc(OC(=O)N(C)C)c2Nc2c(OC(=O)N(C)C)cc(O)cc21. The zero-order chi connectivity index (χ0) is 32.6. The maximum absolute atomic E-state index is 14.1. The second-order valence-electron chi connectivity index (χ2n) is 11.5. The third kappa shape index (κ3) is 8.89. The number of amides is 3. The van der Waals surface area contributed by atoms with Crippen LogP contribution in [0.3, 0.4) is 0 Å². The lowest BCUT2D eigenvalue weighted by atomic mass is 10.1. The third-order valence-electron chi connectivity index (χ3n) is 6.98. The summed E-state index contributed by atoms with van der Waals surface area (Å²) in [6, 6.07) is 7.56. The molecule has 2 aromatic carbocycles. The molecule has 2 N–H and O–H groups in total. The van der Waals surface area contributed by atoms with E-state index in [1.165, 1.54) is 52.1 Å². The first-order valence-corrected chi connectivity index (χ1v) is 14.6. The van der Waals surface area contributed by atoms with E-state index in [2.05, 4.69) is 38.2 Å². The average Bonchev–Trinajstić information content (AvgIpc) is 3.06. The predicted octanol–water partition coefficient (Wildman–Crippen LogP) is 7.64. The number of phenols is 1. The Balaban J connectivity index is 2.00. The van der Waals surface area contributed by atoms with Crippen LogP contribution < -0.4 is 19.7 Å². The van der Waals surface area contributed by atoms with Crippen LogP contribution >= 0.6 is 0 Å². The van der Waals surface area contributed by atoms with Crippen molar-refractivity contribution >= 4 is 35.2 Å². The molecular weight excluding hydrogens is 560 g/mol. The van der Waals surface area contributed by atoms with Crippen LogP contribution in [0, 0.1) is 0 Å². The van der Waals surface area contributed by atoms with Gasteiger partial charge in [-0.3, -0.25) is 4.79 Å². The lowest BCUT2D eigenvalue weighted by Crippen LogP contribution is -2.31. The van der Waals surface area contributed by atoms with Crippen molar-refractivity contribution in [3.05, 3.63) is 70.8 Å². The Hall–Kier alpha value is -4.73. The summed E-state index contributed by atoms with van der Waals surface area (Å²) in [5.41, 5.74) is 4.81. The highest BCUT2D eigenvalue weighted by molar-refractivity contribution is 6.15. The number of fused-ring (bicyclic) bond motifs is 2. The van der Waals surface area contributed by atoms with Gasteiger partial charge in [-0.1, -0.05) is 41.0 Å². The van der Waals surface area contributed by atoms with Crippen LogP contribution in [0.25, 0.3) is 0 Å². The number of aromatic hydroxyl groups is 1. The van der Waals surface area contributed by atoms with E-state index in [4.69, 9.17) is 9.47 Å². The van der Waals surface area contributed by atoms with E-state index in [0.717, 1.165) is 31.3 Å². The molecule has 10 nitrogen and oxygen atoms in total. The Labute approximate surface area is 260 Å². The molecule has 0 bridgehead atoms. The standard InChI is InChI=1S/C34H44N4O6/c1-22(2)12-9-13-23(3)14-10-15-24(4)18-19-38-27-20-25(39)21-29(44-34(42)37(7)8)31(27)35-30-26(32(38)40)16-11-17-28(30)43-33(41)36(5)6/h11-12,14,16-18,20-21,35,39H,9-10,13,15,19H2,1-8H3/b23-14+,24-18+. The van der Waals surface area contributed by atoms with Crippen LogP contribution in [-0.2, 0) is 0 Å². The van der Waals surface area contributed by atoms with Crippen LogP contribution in [0.5, 0.6) is 17.2 Å². The molecule has 1 aliphatic heterocycles. The van der Waals surface area contributed by atoms with E-state index >= 15 is 0 Å². The topological polar surface area (TPSA) is 112 Å². The van der Waals surface area contributed by atoms with Crippen molar-refractivity contribution in [2.24, 2.45) is 0 Å². The fraction of sp³-hybridized carbons (Fsp3) is 0.382. The fourth-order valence-electron chi connectivity index (χ4n) is 4.45. The van der Waals surface area contributed by atoms with Gasteiger partial charge in [-0.05, 0) is 65.5 Å². The number of rotatable bonds is 10. The summed E-state index contributed by atoms with van der Waals surface area (Å²) in [6.45, 7) is 8.56. The molecule has 0 fully saturated rings. The smallest absolute Gasteiger partial charge is 0.414 e. The first-order valence-electron chi connectivity index (χ1n) is 14.6. The number of ether oxygens (including phenoxy) is 2. The number of benzene rings is 2. The second kappa shape index (κ2) is 15.1. The first kappa shape index (κ1) is 33.8. The van der Waals surface area contributed by atoms with Crippen molar-refractivity contribution < 1.29 is 29.0 Å². The normalized spacial score (nSPS) is 12.8. The maximum atomic E-state index is 14.1. The van der Waals surface area contributed by atoms with Gasteiger partial charge >= 0.3 is 12.2 Å². The number of para-hydroxylation sites is 1. The van der Waals surface area contributed by atoms with E-state index in [-0.39, 0.29) is 46.6 Å². The third-order valence-corrected chi connectivity index (χ3v) is 6.98. The Morgan fingerprint density at radius 3 is 2.05 bits per heavy atom. The largest absolute Gasteiger partial charge is 0.508 e. The van der Waals surface area contributed by atoms with Crippen molar-refractivity contribution in [2.75, 3.05) is 45.0 Å². The van der Waals surface area contributed by atoms with E-state index in [9.17, 15) is 19.5 Å². The molecule has 0 unspecified atom stereocenters. The number of phenolic OH excluding ortho intramolecular Hbond substituents is 1. The van der Waals surface area contributed by atoms with Gasteiger partial charge in [0.2, 0.25) is 0 Å². The molecule has 2 aromatic rings. The molecule has 10 heteroatoms. The van der Waals surface area contributed by atoms with Gasteiger partial charge in [-0.15, -0.1) is 0 Å². The van der Waals surface area contributed by atoms with Crippen LogP contribution in [0.4, 0.5) is 26.7 Å². The van der Waals surface area contributed by atoms with E-state index in [1.807, 2.05) is 13.0 Å². The molecule has 0 aliphatic carbocycles. The summed E-state index contributed by atoms with van der Waals surface area (Å²) < 4.78 is 11.2. The van der Waals surface area contributed by atoms with Crippen LogP contribution in [-0.4, -0.2) is 67.7 Å². The Bertz CT molecular complexity index is 1480. The summed E-state index contributed by atoms with van der Waals surface area (Å²) in [4.78, 5) is 43.1. The number of carbonyl (C=O) groups excluding carboxylic acids is 3. The summed E-state index contributed by atoms with van der Waals surface area (Å²) >= 11 is 0. The minimum absolute atomic E-state index is 0.00696. The van der Waals surface area contributed by atoms with E-state index < -0.39 is 12.2 Å². The molecule has 0 spiro atoms. The average molecular weight is 605 g/mol. The number of nitrogens with one attached hydrogen (secondary N) is 1. The Morgan fingerprint density at radius 2 is 1.43 bits per heavy atom. The molecule has 236 valence electrons. The maximum Gasteiger partial charge on any atom is 0.414 e. The molecule has 44 heavy (non-hydrogen) atoms. The van der Waals surface area contributed by atoms with Crippen molar-refractivity contribution in [2.45, 2.75) is 53.4 Å². The number of carbonyl (C=O) groups is 3. The van der Waals surface area contributed by atoms with Crippen molar-refractivity contribution in [3.8, 4) is 17.2 Å². The van der Waals surface area contributed by atoms with Gasteiger partial charge in [0.1, 0.15) is 11.4 Å². The molecule has 0 saturated heterocycles. The number of allylic oxidation sites excluding steroid dienone is 5. The van der Waals surface area contributed by atoms with Gasteiger partial charge in [0.15, 0.2) is 11.5 Å².